The molecule has 0 aromatic carbocycles. The minimum atomic E-state index is -1.33. The zero-order valence-corrected chi connectivity index (χ0v) is 13.7. The predicted molar refractivity (Wildman–Crippen MR) is 82.2 cm³/mol. The maximum Gasteiger partial charge on any atom is 0.330 e. The molecule has 0 spiro atoms. The van der Waals surface area contributed by atoms with Crippen LogP contribution in [0, 0.1) is 5.41 Å². The maximum absolute atomic E-state index is 12.5. The Morgan fingerprint density at radius 2 is 2.17 bits per heavy atom. The third kappa shape index (κ3) is 2.43. The molecule has 2 atom stereocenters. The van der Waals surface area contributed by atoms with E-state index in [1.54, 1.807) is 6.07 Å². The van der Waals surface area contributed by atoms with Crippen LogP contribution in [0.15, 0.2) is 6.07 Å². The summed E-state index contributed by atoms with van der Waals surface area (Å²) in [5.74, 6) is -1.04. The number of carbonyl (C=O) groups is 2. The minimum absolute atomic E-state index is 0.190. The zero-order valence-electron chi connectivity index (χ0n) is 13.7. The Hall–Kier alpha value is -1.89. The Balaban J connectivity index is 1.77. The molecule has 0 aliphatic heterocycles. The van der Waals surface area contributed by atoms with Crippen molar-refractivity contribution >= 4 is 11.9 Å². The Kier molecular flexibility index (Phi) is 3.71. The number of hydrogen-bond donors (Lipinski definition) is 3. The molecule has 1 heterocycles. The van der Waals surface area contributed by atoms with Crippen molar-refractivity contribution in [3.8, 4) is 0 Å². The number of carboxylic acids is 1. The Morgan fingerprint density at radius 1 is 1.48 bits per heavy atom. The molecule has 0 saturated heterocycles. The van der Waals surface area contributed by atoms with Crippen LogP contribution in [0.25, 0.3) is 0 Å². The first-order valence-corrected chi connectivity index (χ1v) is 8.04. The summed E-state index contributed by atoms with van der Waals surface area (Å²) < 4.78 is 5.59. The summed E-state index contributed by atoms with van der Waals surface area (Å²) in [6.07, 6.45) is 2.27. The highest BCUT2D eigenvalue weighted by Crippen LogP contribution is 2.51. The van der Waals surface area contributed by atoms with Crippen molar-refractivity contribution < 1.29 is 19.4 Å². The third-order valence-corrected chi connectivity index (χ3v) is 5.30. The van der Waals surface area contributed by atoms with Crippen molar-refractivity contribution in [2.45, 2.75) is 57.6 Å². The molecule has 1 aromatic rings. The fraction of sp³-hybridized carbons (Fsp3) is 0.688. The lowest BCUT2D eigenvalue weighted by Crippen LogP contribution is -2.76. The predicted octanol–water partition coefficient (Wildman–Crippen LogP) is 1.68. The second-order valence-corrected chi connectivity index (χ2v) is 7.02. The molecular weight excluding hydrogens is 298 g/mol. The van der Waals surface area contributed by atoms with E-state index in [-0.39, 0.29) is 18.2 Å². The number of aliphatic carboxylic acids is 1. The maximum atomic E-state index is 12.5. The van der Waals surface area contributed by atoms with E-state index in [1.807, 2.05) is 20.8 Å². The van der Waals surface area contributed by atoms with Gasteiger partial charge in [-0.1, -0.05) is 13.8 Å². The highest BCUT2D eigenvalue weighted by molar-refractivity contribution is 5.97. The van der Waals surface area contributed by atoms with Crippen molar-refractivity contribution in [3.63, 3.8) is 0 Å². The number of rotatable bonds is 6. The monoisotopic (exact) mass is 321 g/mol. The van der Waals surface area contributed by atoms with Gasteiger partial charge < -0.3 is 15.2 Å². The van der Waals surface area contributed by atoms with E-state index in [2.05, 4.69) is 15.5 Å². The minimum Gasteiger partial charge on any atom is -0.479 e. The summed E-state index contributed by atoms with van der Waals surface area (Å²) in [6.45, 7) is 6.01. The van der Waals surface area contributed by atoms with Gasteiger partial charge in [0.1, 0.15) is 11.2 Å². The number of aromatic nitrogens is 2. The summed E-state index contributed by atoms with van der Waals surface area (Å²) in [7, 11) is 0. The number of carbonyl (C=O) groups excluding carboxylic acids is 1. The fourth-order valence-electron chi connectivity index (χ4n) is 3.35. The van der Waals surface area contributed by atoms with Crippen LogP contribution in [-0.2, 0) is 9.53 Å². The molecular formula is C16H23N3O4. The lowest BCUT2D eigenvalue weighted by Gasteiger charge is -2.58. The molecule has 3 rings (SSSR count). The normalized spacial score (nSPS) is 28.9. The van der Waals surface area contributed by atoms with Crippen molar-refractivity contribution in [3.05, 3.63) is 17.5 Å². The van der Waals surface area contributed by atoms with Gasteiger partial charge in [0.15, 0.2) is 0 Å². The second-order valence-electron chi connectivity index (χ2n) is 7.02. The Morgan fingerprint density at radius 3 is 2.70 bits per heavy atom. The molecule has 0 bridgehead atoms. The van der Waals surface area contributed by atoms with Gasteiger partial charge in [0.05, 0.1) is 6.10 Å². The molecule has 2 saturated carbocycles. The van der Waals surface area contributed by atoms with Gasteiger partial charge in [-0.2, -0.15) is 5.10 Å². The lowest BCUT2D eigenvalue weighted by atomic mass is 9.54. The summed E-state index contributed by atoms with van der Waals surface area (Å²) in [5.41, 5.74) is -0.842. The first kappa shape index (κ1) is 16.0. The van der Waals surface area contributed by atoms with Crippen LogP contribution in [0.4, 0.5) is 0 Å². The largest absolute Gasteiger partial charge is 0.479 e. The SMILES string of the molecule is CCO[C@@H]1C[C@@](NC(=O)c2cc(C3CC3)[nH]n2)(C(=O)O)C1(C)C. The van der Waals surface area contributed by atoms with Crippen LogP contribution >= 0.6 is 0 Å². The van der Waals surface area contributed by atoms with Gasteiger partial charge in [-0.15, -0.1) is 0 Å². The first-order chi connectivity index (χ1) is 10.8. The quantitative estimate of drug-likeness (QED) is 0.739. The number of amides is 1. The van der Waals surface area contributed by atoms with Gasteiger partial charge in [0, 0.05) is 30.1 Å². The fourth-order valence-corrected chi connectivity index (χ4v) is 3.35. The van der Waals surface area contributed by atoms with Crippen molar-refractivity contribution in [2.75, 3.05) is 6.61 Å². The number of hydrogen-bond acceptors (Lipinski definition) is 4. The molecule has 1 aromatic heterocycles. The Bertz CT molecular complexity index is 635. The number of ether oxygens (including phenoxy) is 1. The standard InChI is InChI=1S/C16H23N3O4/c1-4-23-12-8-16(14(21)22,15(12,2)3)17-13(20)11-7-10(18-19-11)9-5-6-9/h7,9,12H,4-6,8H2,1-3H3,(H,17,20)(H,18,19)(H,21,22)/t12-,16-/m1/s1. The molecule has 7 heteroatoms. The third-order valence-electron chi connectivity index (χ3n) is 5.30. The van der Waals surface area contributed by atoms with E-state index in [0.717, 1.165) is 18.5 Å². The number of aromatic amines is 1. The van der Waals surface area contributed by atoms with Crippen LogP contribution in [0.1, 0.15) is 62.1 Å². The first-order valence-electron chi connectivity index (χ1n) is 8.04. The molecule has 0 radical (unpaired) electrons. The summed E-state index contributed by atoms with van der Waals surface area (Å²) in [6, 6.07) is 1.72. The van der Waals surface area contributed by atoms with Crippen molar-refractivity contribution in [1.82, 2.24) is 15.5 Å². The highest BCUT2D eigenvalue weighted by atomic mass is 16.5. The molecule has 7 nitrogen and oxygen atoms in total. The van der Waals surface area contributed by atoms with Gasteiger partial charge in [-0.25, -0.2) is 4.79 Å². The number of nitrogens with one attached hydrogen (secondary N) is 2. The molecule has 2 aliphatic rings. The Labute approximate surface area is 134 Å². The van der Waals surface area contributed by atoms with Crippen LogP contribution < -0.4 is 5.32 Å². The smallest absolute Gasteiger partial charge is 0.330 e. The topological polar surface area (TPSA) is 104 Å². The second kappa shape index (κ2) is 5.33. The van der Waals surface area contributed by atoms with Crippen LogP contribution in [0.5, 0.6) is 0 Å². The summed E-state index contributed by atoms with van der Waals surface area (Å²) in [5, 5.41) is 19.3. The van der Waals surface area contributed by atoms with Gasteiger partial charge >= 0.3 is 5.97 Å². The lowest BCUT2D eigenvalue weighted by molar-refractivity contribution is -0.190. The average molecular weight is 321 g/mol. The summed E-state index contributed by atoms with van der Waals surface area (Å²) in [4.78, 5) is 24.3. The van der Waals surface area contributed by atoms with E-state index < -0.39 is 22.8 Å². The van der Waals surface area contributed by atoms with Crippen LogP contribution in [-0.4, -0.2) is 45.4 Å². The van der Waals surface area contributed by atoms with Crippen molar-refractivity contribution in [2.24, 2.45) is 5.41 Å². The zero-order chi connectivity index (χ0) is 16.8. The van der Waals surface area contributed by atoms with Crippen LogP contribution in [0.3, 0.4) is 0 Å². The van der Waals surface area contributed by atoms with Gasteiger partial charge in [-0.3, -0.25) is 9.89 Å². The van der Waals surface area contributed by atoms with Gasteiger partial charge in [0.25, 0.3) is 5.91 Å². The van der Waals surface area contributed by atoms with Crippen LogP contribution in [0.2, 0.25) is 0 Å². The molecule has 1 amide bonds. The molecule has 2 fully saturated rings. The molecule has 3 N–H and O–H groups in total. The molecule has 126 valence electrons. The van der Waals surface area contributed by atoms with Gasteiger partial charge in [-0.05, 0) is 25.8 Å². The van der Waals surface area contributed by atoms with E-state index in [0.29, 0.717) is 12.5 Å². The molecule has 2 aliphatic carbocycles. The molecule has 0 unspecified atom stereocenters. The van der Waals surface area contributed by atoms with Crippen molar-refractivity contribution in [1.29, 1.82) is 0 Å². The van der Waals surface area contributed by atoms with Gasteiger partial charge in [0.2, 0.25) is 0 Å². The number of H-pyrrole nitrogens is 1. The van der Waals surface area contributed by atoms with E-state index in [4.69, 9.17) is 4.74 Å². The van der Waals surface area contributed by atoms with E-state index in [9.17, 15) is 14.7 Å². The number of nitrogens with zero attached hydrogens (tertiary/aromatic N) is 1. The highest BCUT2D eigenvalue weighted by Gasteiger charge is 2.66. The van der Waals surface area contributed by atoms with E-state index >= 15 is 0 Å². The number of carboxylic acid groups (broad SMARTS) is 1. The average Bonchev–Trinajstić information content (AvgIpc) is 3.22. The van der Waals surface area contributed by atoms with E-state index in [1.165, 1.54) is 0 Å². The summed E-state index contributed by atoms with van der Waals surface area (Å²) >= 11 is 0. The molecule has 23 heavy (non-hydrogen) atoms.